The molecular formula is C12H15NOS+. The standard InChI is InChI=1S/C12H15NOS/c1-9-4-10(2)6-11(5-9)13(3)8-15-7-12(13)14/h5-6H,7-8H2,1-3H3/q+1. The van der Waals surface area contributed by atoms with E-state index in [0.717, 1.165) is 22.7 Å². The summed E-state index contributed by atoms with van der Waals surface area (Å²) in [6.45, 7) is 4.05. The lowest BCUT2D eigenvalue weighted by atomic mass is 10.1. The van der Waals surface area contributed by atoms with E-state index in [9.17, 15) is 4.79 Å². The quantitative estimate of drug-likeness (QED) is 0.677. The molecular weight excluding hydrogens is 206 g/mol. The summed E-state index contributed by atoms with van der Waals surface area (Å²) in [5, 5.41) is 0. The lowest BCUT2D eigenvalue weighted by Gasteiger charge is -2.25. The van der Waals surface area contributed by atoms with Crippen molar-refractivity contribution >= 4 is 23.4 Å². The van der Waals surface area contributed by atoms with Crippen LogP contribution in [0.4, 0.5) is 5.69 Å². The smallest absolute Gasteiger partial charge is 0.229 e. The first-order valence-corrected chi connectivity index (χ1v) is 6.16. The summed E-state index contributed by atoms with van der Waals surface area (Å²) >= 11 is 1.71. The average Bonchev–Trinajstić information content (AvgIpc) is 2.47. The molecule has 1 aromatic carbocycles. The molecule has 79 valence electrons. The molecule has 0 saturated carbocycles. The molecule has 3 heteroatoms. The highest BCUT2D eigenvalue weighted by molar-refractivity contribution is 8.00. The number of rotatable bonds is 1. The Morgan fingerprint density at radius 2 is 1.93 bits per heavy atom. The second-order valence-electron chi connectivity index (χ2n) is 4.27. The Balaban J connectivity index is 2.48. The molecule has 1 aliphatic rings. The molecule has 1 amide bonds. The zero-order valence-electron chi connectivity index (χ0n) is 9.33. The molecule has 1 aliphatic heterocycles. The minimum atomic E-state index is 0.296. The number of nitrogens with zero attached hydrogens (tertiary/aromatic N) is 1. The largest absolute Gasteiger partial charge is 0.329 e. The molecule has 0 aromatic heterocycles. The monoisotopic (exact) mass is 221 g/mol. The van der Waals surface area contributed by atoms with Crippen LogP contribution in [0.5, 0.6) is 0 Å². The number of carbonyl (C=O) groups is 1. The highest BCUT2D eigenvalue weighted by Gasteiger charge is 2.39. The van der Waals surface area contributed by atoms with Gasteiger partial charge in [0, 0.05) is 12.1 Å². The fourth-order valence-electron chi connectivity index (χ4n) is 1.90. The zero-order chi connectivity index (χ0) is 11.1. The van der Waals surface area contributed by atoms with Gasteiger partial charge in [-0.1, -0.05) is 11.8 Å². The van der Waals surface area contributed by atoms with E-state index in [1.54, 1.807) is 11.8 Å². The molecule has 1 atom stereocenters. The number of thioether (sulfide) groups is 1. The highest BCUT2D eigenvalue weighted by atomic mass is 32.2. The van der Waals surface area contributed by atoms with E-state index in [1.807, 2.05) is 20.9 Å². The van der Waals surface area contributed by atoms with Crippen molar-refractivity contribution in [3.8, 4) is 0 Å². The molecule has 1 unspecified atom stereocenters. The van der Waals surface area contributed by atoms with Crippen molar-refractivity contribution in [3.05, 3.63) is 29.3 Å². The summed E-state index contributed by atoms with van der Waals surface area (Å²) in [5.41, 5.74) is 3.31. The van der Waals surface area contributed by atoms with Crippen LogP contribution in [0.1, 0.15) is 11.1 Å². The molecule has 0 spiro atoms. The van der Waals surface area contributed by atoms with Crippen molar-refractivity contribution < 1.29 is 4.79 Å². The van der Waals surface area contributed by atoms with Crippen LogP contribution in [0, 0.1) is 19.9 Å². The molecule has 1 aromatic rings. The topological polar surface area (TPSA) is 17.1 Å². The van der Waals surface area contributed by atoms with Crippen LogP contribution in [0.3, 0.4) is 0 Å². The number of quaternary nitrogens is 1. The summed E-state index contributed by atoms with van der Waals surface area (Å²) in [7, 11) is 2.00. The lowest BCUT2D eigenvalue weighted by Crippen LogP contribution is -2.46. The van der Waals surface area contributed by atoms with Gasteiger partial charge in [-0.3, -0.25) is 0 Å². The van der Waals surface area contributed by atoms with Gasteiger partial charge in [0.1, 0.15) is 17.3 Å². The highest BCUT2D eigenvalue weighted by Crippen LogP contribution is 2.31. The van der Waals surface area contributed by atoms with Crippen LogP contribution >= 0.6 is 11.8 Å². The van der Waals surface area contributed by atoms with Crippen LogP contribution in [0.25, 0.3) is 0 Å². The Kier molecular flexibility index (Phi) is 2.61. The molecule has 2 rings (SSSR count). The minimum Gasteiger partial charge on any atom is -0.229 e. The normalized spacial score (nSPS) is 25.9. The van der Waals surface area contributed by atoms with Crippen LogP contribution in [0.2, 0.25) is 0 Å². The Hall–Kier alpha value is -0.800. The predicted molar refractivity (Wildman–Crippen MR) is 64.8 cm³/mol. The Bertz CT molecular complexity index is 396. The number of hydrogen-bond acceptors (Lipinski definition) is 2. The van der Waals surface area contributed by atoms with Gasteiger partial charge in [0.05, 0.1) is 7.05 Å². The first-order valence-electron chi connectivity index (χ1n) is 5.00. The third kappa shape index (κ3) is 1.82. The maximum Gasteiger partial charge on any atom is 0.329 e. The van der Waals surface area contributed by atoms with Gasteiger partial charge >= 0.3 is 5.91 Å². The molecule has 2 nitrogen and oxygen atoms in total. The van der Waals surface area contributed by atoms with Gasteiger partial charge in [-0.05, 0) is 31.0 Å². The predicted octanol–water partition coefficient (Wildman–Crippen LogP) is 2.27. The molecule has 1 fully saturated rings. The second-order valence-corrected chi connectivity index (χ2v) is 5.22. The average molecular weight is 221 g/mol. The van der Waals surface area contributed by atoms with Crippen molar-refractivity contribution in [3.63, 3.8) is 0 Å². The fourth-order valence-corrected chi connectivity index (χ4v) is 3.11. The van der Waals surface area contributed by atoms with Crippen molar-refractivity contribution in [2.45, 2.75) is 13.8 Å². The summed E-state index contributed by atoms with van der Waals surface area (Å²) < 4.78 is 0.432. The molecule has 0 aliphatic carbocycles. The third-order valence-corrected chi connectivity index (χ3v) is 3.97. The summed E-state index contributed by atoms with van der Waals surface area (Å²) in [5.74, 6) is 1.78. The van der Waals surface area contributed by atoms with Crippen molar-refractivity contribution in [1.29, 1.82) is 0 Å². The van der Waals surface area contributed by atoms with Crippen molar-refractivity contribution in [2.75, 3.05) is 18.7 Å². The van der Waals surface area contributed by atoms with Gasteiger partial charge < -0.3 is 0 Å². The van der Waals surface area contributed by atoms with Crippen LogP contribution in [-0.4, -0.2) is 24.6 Å². The van der Waals surface area contributed by atoms with Gasteiger partial charge in [0.2, 0.25) is 0 Å². The van der Waals surface area contributed by atoms with E-state index in [2.05, 4.69) is 18.2 Å². The minimum absolute atomic E-state index is 0.296. The van der Waals surface area contributed by atoms with Crippen LogP contribution in [0.15, 0.2) is 12.1 Å². The molecule has 0 N–H and O–H groups in total. The number of aryl methyl sites for hydroxylation is 2. The van der Waals surface area contributed by atoms with Gasteiger partial charge in [0.25, 0.3) is 0 Å². The third-order valence-electron chi connectivity index (χ3n) is 2.82. The van der Waals surface area contributed by atoms with Crippen molar-refractivity contribution in [1.82, 2.24) is 4.48 Å². The Morgan fingerprint density at radius 1 is 1.33 bits per heavy atom. The van der Waals surface area contributed by atoms with Crippen LogP contribution in [-0.2, 0) is 4.79 Å². The van der Waals surface area contributed by atoms with Gasteiger partial charge in [0.15, 0.2) is 0 Å². The number of amides is 1. The first-order chi connectivity index (χ1) is 7.02. The Labute approximate surface area is 94.9 Å². The molecule has 1 heterocycles. The fraction of sp³-hybridized carbons (Fsp3) is 0.417. The molecule has 0 bridgehead atoms. The van der Waals surface area contributed by atoms with Gasteiger partial charge in [-0.2, -0.15) is 0 Å². The SMILES string of the molecule is Cc1[c]c(C)cc([N+]2(C)CSCC2=O)c1. The second kappa shape index (κ2) is 3.65. The van der Waals surface area contributed by atoms with Gasteiger partial charge in [-0.25, -0.2) is 9.28 Å². The van der Waals surface area contributed by atoms with E-state index in [4.69, 9.17) is 0 Å². The number of hydrogen-bond donors (Lipinski definition) is 0. The lowest BCUT2D eigenvalue weighted by molar-refractivity contribution is -0.124. The van der Waals surface area contributed by atoms with E-state index in [1.165, 1.54) is 0 Å². The maximum absolute atomic E-state index is 11.9. The van der Waals surface area contributed by atoms with Crippen LogP contribution < -0.4 is 4.48 Å². The maximum atomic E-state index is 11.9. The molecule has 1 radical (unpaired) electrons. The number of benzene rings is 1. The molecule has 1 saturated heterocycles. The Morgan fingerprint density at radius 3 is 2.40 bits per heavy atom. The summed E-state index contributed by atoms with van der Waals surface area (Å²) in [6.07, 6.45) is 0. The van der Waals surface area contributed by atoms with E-state index in [-0.39, 0.29) is 0 Å². The van der Waals surface area contributed by atoms with Gasteiger partial charge in [-0.15, -0.1) is 0 Å². The summed E-state index contributed by atoms with van der Waals surface area (Å²) in [6, 6.07) is 7.37. The number of carbonyl (C=O) groups excluding carboxylic acids is 1. The van der Waals surface area contributed by atoms with Crippen molar-refractivity contribution in [2.24, 2.45) is 0 Å². The van der Waals surface area contributed by atoms with E-state index < -0.39 is 0 Å². The van der Waals surface area contributed by atoms with E-state index in [0.29, 0.717) is 16.1 Å². The van der Waals surface area contributed by atoms with E-state index >= 15 is 0 Å². The molecule has 15 heavy (non-hydrogen) atoms. The first kappa shape index (κ1) is 10.7. The zero-order valence-corrected chi connectivity index (χ0v) is 10.1. The summed E-state index contributed by atoms with van der Waals surface area (Å²) in [4.78, 5) is 11.9.